The van der Waals surface area contributed by atoms with Crippen molar-refractivity contribution in [3.8, 4) is 34.1 Å². The number of H-pyrrole nitrogens is 1. The largest absolute Gasteiger partial charge is 0.507 e. The summed E-state index contributed by atoms with van der Waals surface area (Å²) < 4.78 is 5.38. The van der Waals surface area contributed by atoms with Crippen molar-refractivity contribution in [3.05, 3.63) is 60.3 Å². The second-order valence-corrected chi connectivity index (χ2v) is 8.25. The molecule has 8 heteroatoms. The van der Waals surface area contributed by atoms with E-state index in [1.165, 1.54) is 0 Å². The Morgan fingerprint density at radius 2 is 1.94 bits per heavy atom. The summed E-state index contributed by atoms with van der Waals surface area (Å²) >= 11 is 0. The number of benzene rings is 2. The molecule has 1 amide bonds. The van der Waals surface area contributed by atoms with E-state index in [2.05, 4.69) is 39.0 Å². The van der Waals surface area contributed by atoms with Crippen LogP contribution in [0.25, 0.3) is 33.5 Å². The molecule has 0 aliphatic rings. The average molecular weight is 474 g/mol. The maximum absolute atomic E-state index is 12.6. The average Bonchev–Trinajstić information content (AvgIpc) is 3.32. The number of aromatic hydroxyl groups is 1. The summed E-state index contributed by atoms with van der Waals surface area (Å²) in [7, 11) is 1.57. The predicted molar refractivity (Wildman–Crippen MR) is 138 cm³/mol. The van der Waals surface area contributed by atoms with Crippen LogP contribution in [-0.2, 0) is 0 Å². The lowest BCUT2D eigenvalue weighted by molar-refractivity contribution is 0.0952. The smallest absolute Gasteiger partial charge is 0.251 e. The van der Waals surface area contributed by atoms with Gasteiger partial charge in [-0.05, 0) is 74.1 Å². The molecular formula is C27H31N5O3. The molecule has 2 aromatic carbocycles. The van der Waals surface area contributed by atoms with Crippen LogP contribution in [0.4, 0.5) is 0 Å². The number of phenols is 1. The number of phenolic OH excluding ortho intramolecular Hbond substituents is 1. The van der Waals surface area contributed by atoms with Gasteiger partial charge in [0.2, 0.25) is 5.88 Å². The number of aromatic amines is 1. The van der Waals surface area contributed by atoms with E-state index in [4.69, 9.17) is 4.74 Å². The Labute approximate surface area is 205 Å². The highest BCUT2D eigenvalue weighted by molar-refractivity contribution is 5.97. The normalized spacial score (nSPS) is 11.2. The molecule has 4 rings (SSSR count). The van der Waals surface area contributed by atoms with Gasteiger partial charge in [0.05, 0.1) is 23.7 Å². The van der Waals surface area contributed by atoms with Crippen molar-refractivity contribution in [2.45, 2.75) is 20.3 Å². The first kappa shape index (κ1) is 24.2. The van der Waals surface area contributed by atoms with Crippen LogP contribution in [0.5, 0.6) is 11.6 Å². The summed E-state index contributed by atoms with van der Waals surface area (Å²) in [4.78, 5) is 27.1. The summed E-state index contributed by atoms with van der Waals surface area (Å²) in [5.74, 6) is 0.999. The molecule has 0 unspecified atom stereocenters. The van der Waals surface area contributed by atoms with Gasteiger partial charge in [-0.1, -0.05) is 19.9 Å². The Morgan fingerprint density at radius 3 is 2.71 bits per heavy atom. The van der Waals surface area contributed by atoms with Gasteiger partial charge in [0.15, 0.2) is 0 Å². The third-order valence-electron chi connectivity index (χ3n) is 6.10. The van der Waals surface area contributed by atoms with E-state index in [-0.39, 0.29) is 11.7 Å². The summed E-state index contributed by atoms with van der Waals surface area (Å²) in [6, 6.07) is 14.4. The first-order valence-electron chi connectivity index (χ1n) is 11.9. The predicted octanol–water partition coefficient (Wildman–Crippen LogP) is 4.47. The van der Waals surface area contributed by atoms with Gasteiger partial charge >= 0.3 is 0 Å². The van der Waals surface area contributed by atoms with Gasteiger partial charge in [-0.15, -0.1) is 0 Å². The summed E-state index contributed by atoms with van der Waals surface area (Å²) in [6.45, 7) is 7.89. The quantitative estimate of drug-likeness (QED) is 0.294. The number of ether oxygens (including phenoxy) is 1. The van der Waals surface area contributed by atoms with E-state index >= 15 is 0 Å². The van der Waals surface area contributed by atoms with E-state index in [9.17, 15) is 9.90 Å². The van der Waals surface area contributed by atoms with Crippen molar-refractivity contribution in [1.82, 2.24) is 25.2 Å². The highest BCUT2D eigenvalue weighted by Crippen LogP contribution is 2.35. The molecule has 0 aliphatic heterocycles. The van der Waals surface area contributed by atoms with Crippen LogP contribution < -0.4 is 10.1 Å². The van der Waals surface area contributed by atoms with Gasteiger partial charge in [-0.25, -0.2) is 9.97 Å². The van der Waals surface area contributed by atoms with E-state index in [1.807, 2.05) is 30.3 Å². The fourth-order valence-corrected chi connectivity index (χ4v) is 4.09. The van der Waals surface area contributed by atoms with Crippen molar-refractivity contribution >= 4 is 16.9 Å². The number of carbonyl (C=O) groups is 1. The van der Waals surface area contributed by atoms with Gasteiger partial charge < -0.3 is 25.0 Å². The van der Waals surface area contributed by atoms with Gasteiger partial charge in [0.1, 0.15) is 11.6 Å². The number of hydrogen-bond donors (Lipinski definition) is 3. The third kappa shape index (κ3) is 5.44. The maximum Gasteiger partial charge on any atom is 0.251 e. The fourth-order valence-electron chi connectivity index (χ4n) is 4.09. The van der Waals surface area contributed by atoms with Crippen molar-refractivity contribution in [1.29, 1.82) is 0 Å². The van der Waals surface area contributed by atoms with E-state index in [1.54, 1.807) is 31.5 Å². The van der Waals surface area contributed by atoms with Gasteiger partial charge in [-0.3, -0.25) is 4.79 Å². The number of carbonyl (C=O) groups excluding carboxylic acids is 1. The van der Waals surface area contributed by atoms with Gasteiger partial charge in [-0.2, -0.15) is 0 Å². The van der Waals surface area contributed by atoms with E-state index < -0.39 is 0 Å². The zero-order chi connectivity index (χ0) is 24.8. The van der Waals surface area contributed by atoms with E-state index in [0.29, 0.717) is 34.9 Å². The minimum absolute atomic E-state index is 0.0989. The monoisotopic (exact) mass is 473 g/mol. The van der Waals surface area contributed by atoms with Crippen molar-refractivity contribution in [2.24, 2.45) is 0 Å². The van der Waals surface area contributed by atoms with Crippen molar-refractivity contribution < 1.29 is 14.6 Å². The Hall–Kier alpha value is -3.91. The molecule has 2 aromatic heterocycles. The molecule has 0 spiro atoms. The number of amides is 1. The molecule has 0 fully saturated rings. The first-order valence-corrected chi connectivity index (χ1v) is 11.9. The molecule has 3 N–H and O–H groups in total. The number of aromatic nitrogens is 3. The molecule has 0 bridgehead atoms. The number of rotatable bonds is 10. The molecule has 0 atom stereocenters. The molecule has 8 nitrogen and oxygen atoms in total. The Bertz CT molecular complexity index is 1310. The van der Waals surface area contributed by atoms with Crippen LogP contribution in [0.1, 0.15) is 30.6 Å². The second-order valence-electron chi connectivity index (χ2n) is 8.25. The minimum atomic E-state index is -0.115. The molecule has 0 saturated carbocycles. The number of nitrogens with one attached hydrogen (secondary N) is 2. The zero-order valence-electron chi connectivity index (χ0n) is 20.3. The Balaban J connectivity index is 1.54. The summed E-state index contributed by atoms with van der Waals surface area (Å²) in [6.07, 6.45) is 2.57. The van der Waals surface area contributed by atoms with Gasteiger partial charge in [0, 0.05) is 23.9 Å². The molecule has 182 valence electrons. The van der Waals surface area contributed by atoms with Crippen LogP contribution in [0.15, 0.2) is 54.7 Å². The molecule has 4 aromatic rings. The fraction of sp³-hybridized carbons (Fsp3) is 0.296. The number of methoxy groups -OCH3 is 1. The third-order valence-corrected chi connectivity index (χ3v) is 6.10. The lowest BCUT2D eigenvalue weighted by Crippen LogP contribution is -2.29. The number of imidazole rings is 1. The number of pyridine rings is 1. The Morgan fingerprint density at radius 1 is 1.11 bits per heavy atom. The van der Waals surface area contributed by atoms with Crippen LogP contribution in [-0.4, -0.2) is 64.2 Å². The number of hydrogen-bond acceptors (Lipinski definition) is 6. The molecular weight excluding hydrogens is 442 g/mol. The molecule has 2 heterocycles. The first-order chi connectivity index (χ1) is 17.0. The van der Waals surface area contributed by atoms with Crippen LogP contribution in [0, 0.1) is 0 Å². The Kier molecular flexibility index (Phi) is 7.62. The zero-order valence-corrected chi connectivity index (χ0v) is 20.3. The standard InChI is InChI=1S/C27H31N5O3/c1-4-32(5-2)15-7-14-28-26(34)19-9-11-22-23(17-19)31-25(30-22)21-16-18(10-12-24(21)33)20-8-6-13-29-27(20)35-3/h6,8-13,16-17,33H,4-5,7,14-15H2,1-3H3,(H,28,34)(H,30,31). The van der Waals surface area contributed by atoms with E-state index in [0.717, 1.165) is 42.7 Å². The maximum atomic E-state index is 12.6. The van der Waals surface area contributed by atoms with Crippen molar-refractivity contribution in [2.75, 3.05) is 33.3 Å². The number of fused-ring (bicyclic) bond motifs is 1. The SMILES string of the molecule is CCN(CC)CCCNC(=O)c1ccc2nc(-c3cc(-c4cccnc4OC)ccc3O)[nH]c2c1. The summed E-state index contributed by atoms with van der Waals surface area (Å²) in [5, 5.41) is 13.5. The molecule has 0 radical (unpaired) electrons. The highest BCUT2D eigenvalue weighted by atomic mass is 16.5. The summed E-state index contributed by atoms with van der Waals surface area (Å²) in [5.41, 5.74) is 4.20. The lowest BCUT2D eigenvalue weighted by atomic mass is 10.0. The highest BCUT2D eigenvalue weighted by Gasteiger charge is 2.15. The van der Waals surface area contributed by atoms with Crippen LogP contribution in [0.2, 0.25) is 0 Å². The topological polar surface area (TPSA) is 103 Å². The van der Waals surface area contributed by atoms with Gasteiger partial charge in [0.25, 0.3) is 5.91 Å². The number of nitrogens with zero attached hydrogens (tertiary/aromatic N) is 3. The molecule has 0 saturated heterocycles. The molecule has 35 heavy (non-hydrogen) atoms. The van der Waals surface area contributed by atoms with Crippen LogP contribution in [0.3, 0.4) is 0 Å². The molecule has 0 aliphatic carbocycles. The van der Waals surface area contributed by atoms with Crippen LogP contribution >= 0.6 is 0 Å². The van der Waals surface area contributed by atoms with Crippen molar-refractivity contribution in [3.63, 3.8) is 0 Å². The second kappa shape index (κ2) is 11.0. The minimum Gasteiger partial charge on any atom is -0.507 e. The lowest BCUT2D eigenvalue weighted by Gasteiger charge is -2.17.